The smallest absolute Gasteiger partial charge is 0.133 e. The van der Waals surface area contributed by atoms with Crippen molar-refractivity contribution in [2.75, 3.05) is 13.2 Å². The van der Waals surface area contributed by atoms with Crippen LogP contribution < -0.4 is 4.74 Å². The lowest BCUT2D eigenvalue weighted by Crippen LogP contribution is -2.05. The lowest BCUT2D eigenvalue weighted by atomic mass is 9.97. The van der Waals surface area contributed by atoms with Crippen molar-refractivity contribution in [3.8, 4) is 5.75 Å². The minimum Gasteiger partial charge on any atom is -0.492 e. The Bertz CT molecular complexity index is 391. The predicted octanol–water partition coefficient (Wildman–Crippen LogP) is 2.00. The van der Waals surface area contributed by atoms with E-state index >= 15 is 0 Å². The van der Waals surface area contributed by atoms with E-state index in [0.29, 0.717) is 18.6 Å². The van der Waals surface area contributed by atoms with Gasteiger partial charge >= 0.3 is 0 Å². The van der Waals surface area contributed by atoms with Crippen LogP contribution in [0.15, 0.2) is 6.07 Å². The van der Waals surface area contributed by atoms with Gasteiger partial charge in [0.05, 0.1) is 6.61 Å². The van der Waals surface area contributed by atoms with Gasteiger partial charge in [0.2, 0.25) is 0 Å². The Morgan fingerprint density at radius 3 is 2.87 bits per heavy atom. The van der Waals surface area contributed by atoms with Gasteiger partial charge in [0, 0.05) is 36.1 Å². The third-order valence-electron chi connectivity index (χ3n) is 2.68. The fraction of sp³-hybridized carbons (Fsp3) is 0.455. The molecule has 82 valence electrons. The van der Waals surface area contributed by atoms with E-state index in [0.717, 1.165) is 6.07 Å². The minimum absolute atomic E-state index is 0.182. The summed E-state index contributed by atoms with van der Waals surface area (Å²) in [5, 5.41) is 9.00. The molecule has 4 heteroatoms. The van der Waals surface area contributed by atoms with E-state index in [1.165, 1.54) is 0 Å². The van der Waals surface area contributed by atoms with Crippen molar-refractivity contribution < 1.29 is 18.6 Å². The van der Waals surface area contributed by atoms with Gasteiger partial charge in [-0.2, -0.15) is 0 Å². The third kappa shape index (κ3) is 1.59. The number of aliphatic hydroxyl groups is 1. The monoisotopic (exact) mass is 214 g/mol. The Kier molecular flexibility index (Phi) is 2.61. The summed E-state index contributed by atoms with van der Waals surface area (Å²) < 4.78 is 32.1. The molecule has 2 nitrogen and oxygen atoms in total. The van der Waals surface area contributed by atoms with E-state index in [1.807, 2.05) is 0 Å². The Hall–Kier alpha value is -1.16. The Balaban J connectivity index is 2.59. The second kappa shape index (κ2) is 3.77. The Labute approximate surface area is 86.5 Å². The normalized spacial score (nSPS) is 16.0. The highest BCUT2D eigenvalue weighted by atomic mass is 19.1. The fourth-order valence-electron chi connectivity index (χ4n) is 1.86. The van der Waals surface area contributed by atoms with Gasteiger partial charge in [-0.15, -0.1) is 0 Å². The molecule has 0 aliphatic carbocycles. The van der Waals surface area contributed by atoms with Crippen LogP contribution in [0.5, 0.6) is 5.75 Å². The maximum atomic E-state index is 13.5. The molecule has 1 aliphatic heterocycles. The molecule has 2 rings (SSSR count). The van der Waals surface area contributed by atoms with Crippen LogP contribution >= 0.6 is 0 Å². The maximum absolute atomic E-state index is 13.5. The lowest BCUT2D eigenvalue weighted by molar-refractivity contribution is 0.265. The molecule has 15 heavy (non-hydrogen) atoms. The van der Waals surface area contributed by atoms with Crippen molar-refractivity contribution in [3.05, 3.63) is 28.8 Å². The van der Waals surface area contributed by atoms with Crippen molar-refractivity contribution in [1.29, 1.82) is 0 Å². The van der Waals surface area contributed by atoms with E-state index in [1.54, 1.807) is 6.92 Å². The number of benzene rings is 1. The number of rotatable bonds is 2. The fourth-order valence-corrected chi connectivity index (χ4v) is 1.86. The molecular weight excluding hydrogens is 202 g/mol. The molecule has 1 aromatic carbocycles. The molecule has 1 atom stereocenters. The summed E-state index contributed by atoms with van der Waals surface area (Å²) in [6, 6.07) is 0.870. The van der Waals surface area contributed by atoms with Crippen molar-refractivity contribution >= 4 is 0 Å². The highest BCUT2D eigenvalue weighted by Gasteiger charge is 2.26. The second-order valence-corrected chi connectivity index (χ2v) is 3.74. The zero-order valence-electron chi connectivity index (χ0n) is 8.39. The van der Waals surface area contributed by atoms with Crippen molar-refractivity contribution in [1.82, 2.24) is 0 Å². The van der Waals surface area contributed by atoms with E-state index in [-0.39, 0.29) is 23.8 Å². The summed E-state index contributed by atoms with van der Waals surface area (Å²) >= 11 is 0. The maximum Gasteiger partial charge on any atom is 0.133 e. The standard InChI is InChI=1S/C11H12F2O2/c1-6(5-14)10-9(13)4-8(12)7-2-3-15-11(7)10/h4,6,14H,2-3,5H2,1H3. The van der Waals surface area contributed by atoms with Crippen LogP contribution in [-0.2, 0) is 6.42 Å². The molecule has 0 saturated carbocycles. The van der Waals surface area contributed by atoms with Crippen LogP contribution in [0.25, 0.3) is 0 Å². The number of hydrogen-bond acceptors (Lipinski definition) is 2. The molecule has 1 heterocycles. The first kappa shape index (κ1) is 10.4. The van der Waals surface area contributed by atoms with Gasteiger partial charge in [-0.05, 0) is 0 Å². The molecule has 0 fully saturated rings. The first-order valence-corrected chi connectivity index (χ1v) is 4.89. The van der Waals surface area contributed by atoms with Crippen LogP contribution in [0.2, 0.25) is 0 Å². The van der Waals surface area contributed by atoms with Crippen LogP contribution in [0, 0.1) is 11.6 Å². The summed E-state index contributed by atoms with van der Waals surface area (Å²) in [6.45, 7) is 1.87. The topological polar surface area (TPSA) is 29.5 Å². The molecule has 0 aromatic heterocycles. The number of fused-ring (bicyclic) bond motifs is 1. The highest BCUT2D eigenvalue weighted by Crippen LogP contribution is 2.37. The lowest BCUT2D eigenvalue weighted by Gasteiger charge is -2.14. The first-order valence-electron chi connectivity index (χ1n) is 4.89. The molecule has 0 spiro atoms. The average Bonchev–Trinajstić information content (AvgIpc) is 2.66. The minimum atomic E-state index is -0.644. The van der Waals surface area contributed by atoms with Crippen molar-refractivity contribution in [2.45, 2.75) is 19.3 Å². The van der Waals surface area contributed by atoms with Crippen molar-refractivity contribution in [2.24, 2.45) is 0 Å². The van der Waals surface area contributed by atoms with E-state index in [9.17, 15) is 8.78 Å². The summed E-state index contributed by atoms with van der Waals surface area (Å²) in [5.41, 5.74) is 0.707. The number of hydrogen-bond donors (Lipinski definition) is 1. The Morgan fingerprint density at radius 2 is 2.20 bits per heavy atom. The average molecular weight is 214 g/mol. The van der Waals surface area contributed by atoms with Crippen LogP contribution in [0.1, 0.15) is 24.0 Å². The largest absolute Gasteiger partial charge is 0.492 e. The summed E-state index contributed by atoms with van der Waals surface area (Å²) in [5.74, 6) is -1.30. The number of halogens is 2. The second-order valence-electron chi connectivity index (χ2n) is 3.74. The van der Waals surface area contributed by atoms with Gasteiger partial charge in [-0.1, -0.05) is 6.92 Å². The summed E-state index contributed by atoms with van der Waals surface area (Å²) in [4.78, 5) is 0. The van der Waals surface area contributed by atoms with Gasteiger partial charge in [-0.25, -0.2) is 8.78 Å². The molecule has 0 radical (unpaired) electrons. The highest BCUT2D eigenvalue weighted by molar-refractivity contribution is 5.47. The van der Waals surface area contributed by atoms with Crippen LogP contribution in [-0.4, -0.2) is 18.3 Å². The molecular formula is C11H12F2O2. The third-order valence-corrected chi connectivity index (χ3v) is 2.68. The summed E-state index contributed by atoms with van der Waals surface area (Å²) in [7, 11) is 0. The summed E-state index contributed by atoms with van der Waals surface area (Å²) in [6.07, 6.45) is 0.465. The van der Waals surface area contributed by atoms with E-state index in [4.69, 9.17) is 9.84 Å². The van der Waals surface area contributed by atoms with Crippen LogP contribution in [0.3, 0.4) is 0 Å². The molecule has 1 unspecified atom stereocenters. The molecule has 0 amide bonds. The van der Waals surface area contributed by atoms with Gasteiger partial charge in [0.25, 0.3) is 0 Å². The molecule has 0 saturated heterocycles. The zero-order valence-corrected chi connectivity index (χ0v) is 8.39. The van der Waals surface area contributed by atoms with Crippen LogP contribution in [0.4, 0.5) is 8.78 Å². The number of aliphatic hydroxyl groups excluding tert-OH is 1. The molecule has 1 aromatic rings. The Morgan fingerprint density at radius 1 is 1.47 bits per heavy atom. The van der Waals surface area contributed by atoms with Gasteiger partial charge in [0.1, 0.15) is 17.4 Å². The van der Waals surface area contributed by atoms with Gasteiger partial charge in [0.15, 0.2) is 0 Å². The zero-order chi connectivity index (χ0) is 11.0. The molecule has 1 N–H and O–H groups in total. The van der Waals surface area contributed by atoms with Gasteiger partial charge < -0.3 is 9.84 Å². The number of ether oxygens (including phenoxy) is 1. The van der Waals surface area contributed by atoms with Gasteiger partial charge in [-0.3, -0.25) is 0 Å². The predicted molar refractivity (Wildman–Crippen MR) is 51.1 cm³/mol. The quantitative estimate of drug-likeness (QED) is 0.815. The molecule has 1 aliphatic rings. The molecule has 0 bridgehead atoms. The van der Waals surface area contributed by atoms with Crippen molar-refractivity contribution in [3.63, 3.8) is 0 Å². The van der Waals surface area contributed by atoms with E-state index in [2.05, 4.69) is 0 Å². The van der Waals surface area contributed by atoms with E-state index < -0.39 is 11.6 Å². The first-order chi connectivity index (χ1) is 7.15. The SMILES string of the molecule is CC(CO)c1c(F)cc(F)c2c1OCC2.